The Balaban J connectivity index is 1.90. The molecular weight excluding hydrogens is 358 g/mol. The maximum atomic E-state index is 13.0. The van der Waals surface area contributed by atoms with Gasteiger partial charge in [0.1, 0.15) is 0 Å². The number of thiophene rings is 1. The van der Waals surface area contributed by atoms with Gasteiger partial charge in [-0.15, -0.1) is 11.3 Å². The summed E-state index contributed by atoms with van der Waals surface area (Å²) in [6, 6.07) is 20.1. The molecular formula is C18H13NO2S3. The van der Waals surface area contributed by atoms with Crippen LogP contribution in [0.4, 0.5) is 0 Å². The molecule has 0 bridgehead atoms. The third-order valence-electron chi connectivity index (χ3n) is 3.65. The molecule has 6 heteroatoms. The standard InChI is InChI=1S/C18H13NO2S3/c20-24(21,14-7-2-1-3-8-14)19-13-17(23-18-11-6-12-22-18)15-9-4-5-10-16(15)19/h1-13H. The Labute approximate surface area is 148 Å². The van der Waals surface area contributed by atoms with Crippen molar-refractivity contribution in [2.75, 3.05) is 0 Å². The molecule has 4 rings (SSSR count). The summed E-state index contributed by atoms with van der Waals surface area (Å²) in [7, 11) is -3.62. The number of nitrogens with zero attached hydrogens (tertiary/aromatic N) is 1. The van der Waals surface area contributed by atoms with Crippen LogP contribution in [-0.2, 0) is 10.0 Å². The predicted molar refractivity (Wildman–Crippen MR) is 99.4 cm³/mol. The molecule has 2 aromatic carbocycles. The molecule has 0 spiro atoms. The van der Waals surface area contributed by atoms with Crippen LogP contribution < -0.4 is 0 Å². The highest BCUT2D eigenvalue weighted by molar-refractivity contribution is 8.01. The molecule has 24 heavy (non-hydrogen) atoms. The smallest absolute Gasteiger partial charge is 0.240 e. The minimum absolute atomic E-state index is 0.290. The van der Waals surface area contributed by atoms with Gasteiger partial charge in [0.2, 0.25) is 0 Å². The minimum atomic E-state index is -3.62. The number of aromatic nitrogens is 1. The van der Waals surface area contributed by atoms with Crippen molar-refractivity contribution in [3.63, 3.8) is 0 Å². The molecule has 2 aromatic heterocycles. The van der Waals surface area contributed by atoms with Gasteiger partial charge in [-0.2, -0.15) is 0 Å². The van der Waals surface area contributed by atoms with Gasteiger partial charge < -0.3 is 0 Å². The van der Waals surface area contributed by atoms with Crippen molar-refractivity contribution in [1.82, 2.24) is 3.97 Å². The highest BCUT2D eigenvalue weighted by Gasteiger charge is 2.21. The van der Waals surface area contributed by atoms with E-state index in [1.54, 1.807) is 53.6 Å². The zero-order valence-corrected chi connectivity index (χ0v) is 14.9. The van der Waals surface area contributed by atoms with E-state index in [1.165, 1.54) is 3.97 Å². The van der Waals surface area contributed by atoms with E-state index in [2.05, 4.69) is 0 Å². The first-order valence-corrected chi connectivity index (χ1v) is 10.4. The van der Waals surface area contributed by atoms with E-state index in [0.717, 1.165) is 14.5 Å². The lowest BCUT2D eigenvalue weighted by Gasteiger charge is -2.07. The first kappa shape index (κ1) is 15.5. The second-order valence-corrected chi connectivity index (χ2v) is 9.26. The van der Waals surface area contributed by atoms with Crippen LogP contribution in [-0.4, -0.2) is 12.4 Å². The highest BCUT2D eigenvalue weighted by atomic mass is 32.2. The molecule has 3 nitrogen and oxygen atoms in total. The predicted octanol–water partition coefficient (Wildman–Crippen LogP) is 5.09. The summed E-state index contributed by atoms with van der Waals surface area (Å²) in [4.78, 5) is 1.23. The Morgan fingerprint density at radius 2 is 1.62 bits per heavy atom. The van der Waals surface area contributed by atoms with Crippen molar-refractivity contribution < 1.29 is 8.42 Å². The molecule has 0 radical (unpaired) electrons. The first-order chi connectivity index (χ1) is 11.7. The molecule has 0 saturated heterocycles. The van der Waals surface area contributed by atoms with Crippen LogP contribution in [0.15, 0.2) is 92.3 Å². The topological polar surface area (TPSA) is 39.1 Å². The van der Waals surface area contributed by atoms with Crippen molar-refractivity contribution in [3.05, 3.63) is 78.3 Å². The van der Waals surface area contributed by atoms with Crippen molar-refractivity contribution >= 4 is 44.0 Å². The third-order valence-corrected chi connectivity index (χ3v) is 7.42. The van der Waals surface area contributed by atoms with Crippen molar-refractivity contribution in [2.24, 2.45) is 0 Å². The van der Waals surface area contributed by atoms with E-state index in [1.807, 2.05) is 47.8 Å². The van der Waals surface area contributed by atoms with Gasteiger partial charge in [-0.3, -0.25) is 0 Å². The van der Waals surface area contributed by atoms with E-state index >= 15 is 0 Å². The van der Waals surface area contributed by atoms with Crippen LogP contribution in [0.2, 0.25) is 0 Å². The first-order valence-electron chi connectivity index (χ1n) is 7.28. The third kappa shape index (κ3) is 2.66. The van der Waals surface area contributed by atoms with Gasteiger partial charge in [-0.25, -0.2) is 12.4 Å². The van der Waals surface area contributed by atoms with Gasteiger partial charge >= 0.3 is 0 Å². The van der Waals surface area contributed by atoms with Crippen LogP contribution in [0, 0.1) is 0 Å². The Morgan fingerprint density at radius 3 is 2.38 bits per heavy atom. The van der Waals surface area contributed by atoms with Crippen LogP contribution in [0.3, 0.4) is 0 Å². The molecule has 120 valence electrons. The number of para-hydroxylation sites is 1. The normalized spacial score (nSPS) is 11.8. The summed E-state index contributed by atoms with van der Waals surface area (Å²) in [6.45, 7) is 0. The van der Waals surface area contributed by atoms with E-state index < -0.39 is 10.0 Å². The van der Waals surface area contributed by atoms with Gasteiger partial charge in [0.15, 0.2) is 0 Å². The quantitative estimate of drug-likeness (QED) is 0.501. The number of fused-ring (bicyclic) bond motifs is 1. The summed E-state index contributed by atoms with van der Waals surface area (Å²) < 4.78 is 28.6. The maximum absolute atomic E-state index is 13.0. The van der Waals surface area contributed by atoms with E-state index in [0.29, 0.717) is 10.4 Å². The Hall–Kier alpha value is -2.02. The number of benzene rings is 2. The molecule has 0 aliphatic heterocycles. The second kappa shape index (κ2) is 6.12. The molecule has 0 fully saturated rings. The zero-order valence-electron chi connectivity index (χ0n) is 12.5. The van der Waals surface area contributed by atoms with Crippen LogP contribution in [0.5, 0.6) is 0 Å². The zero-order chi connectivity index (χ0) is 16.6. The fourth-order valence-electron chi connectivity index (χ4n) is 2.54. The van der Waals surface area contributed by atoms with Crippen molar-refractivity contribution in [3.8, 4) is 0 Å². The molecule has 0 saturated carbocycles. The van der Waals surface area contributed by atoms with Gasteiger partial charge in [0, 0.05) is 16.5 Å². The molecule has 0 aliphatic rings. The lowest BCUT2D eigenvalue weighted by Crippen LogP contribution is -2.11. The van der Waals surface area contributed by atoms with Crippen LogP contribution >= 0.6 is 23.1 Å². The summed E-state index contributed by atoms with van der Waals surface area (Å²) >= 11 is 3.23. The fourth-order valence-corrected chi connectivity index (χ4v) is 5.87. The van der Waals surface area contributed by atoms with Crippen LogP contribution in [0.1, 0.15) is 0 Å². The molecule has 0 N–H and O–H groups in total. The largest absolute Gasteiger partial charge is 0.268 e. The highest BCUT2D eigenvalue weighted by Crippen LogP contribution is 2.38. The summed E-state index contributed by atoms with van der Waals surface area (Å²) in [6.07, 6.45) is 1.72. The average molecular weight is 372 g/mol. The molecule has 0 amide bonds. The molecule has 0 aliphatic carbocycles. The number of hydrogen-bond donors (Lipinski definition) is 0. The Morgan fingerprint density at radius 1 is 0.875 bits per heavy atom. The van der Waals surface area contributed by atoms with Crippen molar-refractivity contribution in [2.45, 2.75) is 14.0 Å². The average Bonchev–Trinajstić information content (AvgIpc) is 3.25. The monoisotopic (exact) mass is 371 g/mol. The Kier molecular flexibility index (Phi) is 3.96. The van der Waals surface area contributed by atoms with E-state index in [9.17, 15) is 8.42 Å². The Bertz CT molecular complexity index is 1080. The van der Waals surface area contributed by atoms with Gasteiger partial charge in [0.25, 0.3) is 10.0 Å². The fraction of sp³-hybridized carbons (Fsp3) is 0. The summed E-state index contributed by atoms with van der Waals surface area (Å²) in [5.74, 6) is 0. The van der Waals surface area contributed by atoms with E-state index in [-0.39, 0.29) is 0 Å². The molecule has 2 heterocycles. The van der Waals surface area contributed by atoms with Crippen molar-refractivity contribution in [1.29, 1.82) is 0 Å². The lowest BCUT2D eigenvalue weighted by atomic mass is 10.2. The molecule has 4 aromatic rings. The second-order valence-electron chi connectivity index (χ2n) is 5.16. The molecule has 0 atom stereocenters. The van der Waals surface area contributed by atoms with Gasteiger partial charge in [0.05, 0.1) is 14.6 Å². The van der Waals surface area contributed by atoms with Crippen LogP contribution in [0.25, 0.3) is 10.9 Å². The number of rotatable bonds is 4. The SMILES string of the molecule is O=S(=O)(c1ccccc1)n1cc(Sc2cccs2)c2ccccc21. The minimum Gasteiger partial charge on any atom is -0.240 e. The summed E-state index contributed by atoms with van der Waals surface area (Å²) in [5, 5.41) is 2.96. The summed E-state index contributed by atoms with van der Waals surface area (Å²) in [5.41, 5.74) is 0.695. The lowest BCUT2D eigenvalue weighted by molar-refractivity contribution is 0.589. The number of hydrogen-bond acceptors (Lipinski definition) is 4. The van der Waals surface area contributed by atoms with Gasteiger partial charge in [-0.05, 0) is 29.6 Å². The van der Waals surface area contributed by atoms with E-state index in [4.69, 9.17) is 0 Å². The van der Waals surface area contributed by atoms with Gasteiger partial charge in [-0.1, -0.05) is 54.2 Å². The maximum Gasteiger partial charge on any atom is 0.268 e. The molecule has 0 unspecified atom stereocenters.